The lowest BCUT2D eigenvalue weighted by Gasteiger charge is -2.25. The topological polar surface area (TPSA) is 58.1 Å². The van der Waals surface area contributed by atoms with E-state index in [0.29, 0.717) is 11.4 Å². The average molecular weight is 359 g/mol. The van der Waals surface area contributed by atoms with E-state index in [1.165, 1.54) is 0 Å². The number of hydrogen-bond acceptors (Lipinski definition) is 4. The Hall–Kier alpha value is -2.14. The SMILES string of the molecule is CCN(CC)c1ncc2c(n1)CC[C@H](C(=O)Nc1cccc(Cl)c1)C2. The number of fused-ring (bicyclic) bond motifs is 1. The molecule has 0 saturated heterocycles. The Morgan fingerprint density at radius 2 is 2.16 bits per heavy atom. The zero-order chi connectivity index (χ0) is 17.8. The van der Waals surface area contributed by atoms with Gasteiger partial charge in [0.25, 0.3) is 0 Å². The summed E-state index contributed by atoms with van der Waals surface area (Å²) in [7, 11) is 0. The molecule has 0 spiro atoms. The van der Waals surface area contributed by atoms with Crippen molar-refractivity contribution in [3.8, 4) is 0 Å². The summed E-state index contributed by atoms with van der Waals surface area (Å²) in [6, 6.07) is 7.23. The van der Waals surface area contributed by atoms with Crippen molar-refractivity contribution in [2.24, 2.45) is 5.92 Å². The van der Waals surface area contributed by atoms with Crippen molar-refractivity contribution < 1.29 is 4.79 Å². The molecule has 0 bridgehead atoms. The summed E-state index contributed by atoms with van der Waals surface area (Å²) >= 11 is 5.97. The fourth-order valence-corrected chi connectivity index (χ4v) is 3.38. The van der Waals surface area contributed by atoms with Gasteiger partial charge in [0.05, 0.1) is 0 Å². The molecule has 1 N–H and O–H groups in total. The number of carbonyl (C=O) groups is 1. The fraction of sp³-hybridized carbons (Fsp3) is 0.421. The minimum atomic E-state index is -0.0608. The van der Waals surface area contributed by atoms with E-state index in [4.69, 9.17) is 16.6 Å². The molecule has 1 aliphatic rings. The average Bonchev–Trinajstić information content (AvgIpc) is 2.62. The molecular weight excluding hydrogens is 336 g/mol. The van der Waals surface area contributed by atoms with E-state index in [2.05, 4.69) is 29.0 Å². The summed E-state index contributed by atoms with van der Waals surface area (Å²) in [4.78, 5) is 23.9. The van der Waals surface area contributed by atoms with Crippen LogP contribution in [0.25, 0.3) is 0 Å². The van der Waals surface area contributed by atoms with Crippen molar-refractivity contribution in [2.75, 3.05) is 23.3 Å². The van der Waals surface area contributed by atoms with Crippen molar-refractivity contribution in [3.63, 3.8) is 0 Å². The molecule has 0 radical (unpaired) electrons. The van der Waals surface area contributed by atoms with Crippen LogP contribution in [0, 0.1) is 5.92 Å². The Morgan fingerprint density at radius 1 is 1.36 bits per heavy atom. The number of aromatic nitrogens is 2. The van der Waals surface area contributed by atoms with Gasteiger partial charge in [-0.3, -0.25) is 4.79 Å². The molecule has 1 aromatic carbocycles. The lowest BCUT2D eigenvalue weighted by Crippen LogP contribution is -2.30. The Labute approximate surface area is 153 Å². The molecular formula is C19H23ClN4O. The first-order valence-electron chi connectivity index (χ1n) is 8.76. The number of nitrogens with zero attached hydrogens (tertiary/aromatic N) is 3. The number of rotatable bonds is 5. The van der Waals surface area contributed by atoms with Crippen LogP contribution < -0.4 is 10.2 Å². The van der Waals surface area contributed by atoms with E-state index >= 15 is 0 Å². The maximum Gasteiger partial charge on any atom is 0.227 e. The summed E-state index contributed by atoms with van der Waals surface area (Å²) in [6.45, 7) is 5.98. The Morgan fingerprint density at radius 3 is 2.88 bits per heavy atom. The highest BCUT2D eigenvalue weighted by Gasteiger charge is 2.26. The second-order valence-electron chi connectivity index (χ2n) is 6.25. The van der Waals surface area contributed by atoms with Gasteiger partial charge in [-0.25, -0.2) is 9.97 Å². The van der Waals surface area contributed by atoms with Gasteiger partial charge in [0, 0.05) is 41.6 Å². The molecule has 0 aliphatic heterocycles. The number of anilines is 2. The molecule has 1 aliphatic carbocycles. The lowest BCUT2D eigenvalue weighted by molar-refractivity contribution is -0.120. The minimum absolute atomic E-state index is 0.0285. The van der Waals surface area contributed by atoms with Crippen LogP contribution in [0.2, 0.25) is 5.02 Å². The second-order valence-corrected chi connectivity index (χ2v) is 6.69. The van der Waals surface area contributed by atoms with Gasteiger partial charge in [-0.2, -0.15) is 0 Å². The molecule has 2 aromatic rings. The lowest BCUT2D eigenvalue weighted by atomic mass is 9.86. The summed E-state index contributed by atoms with van der Waals surface area (Å²) < 4.78 is 0. The highest BCUT2D eigenvalue weighted by atomic mass is 35.5. The predicted molar refractivity (Wildman–Crippen MR) is 101 cm³/mol. The van der Waals surface area contributed by atoms with Gasteiger partial charge >= 0.3 is 0 Å². The smallest absolute Gasteiger partial charge is 0.227 e. The van der Waals surface area contributed by atoms with Crippen molar-refractivity contribution in [2.45, 2.75) is 33.1 Å². The van der Waals surface area contributed by atoms with Crippen LogP contribution in [0.3, 0.4) is 0 Å². The first-order valence-corrected chi connectivity index (χ1v) is 9.14. The zero-order valence-electron chi connectivity index (χ0n) is 14.6. The van der Waals surface area contributed by atoms with E-state index in [1.807, 2.05) is 18.3 Å². The van der Waals surface area contributed by atoms with E-state index in [0.717, 1.165) is 48.8 Å². The number of carbonyl (C=O) groups excluding carboxylic acids is 1. The highest BCUT2D eigenvalue weighted by Crippen LogP contribution is 2.26. The standard InChI is InChI=1S/C19H23ClN4O/c1-3-24(4-2)19-21-12-14-10-13(8-9-17(14)23-19)18(25)22-16-7-5-6-15(20)11-16/h5-7,11-13H,3-4,8-10H2,1-2H3,(H,22,25)/t13-/m0/s1. The molecule has 1 amide bonds. The van der Waals surface area contributed by atoms with Gasteiger partial charge in [0.2, 0.25) is 11.9 Å². The molecule has 25 heavy (non-hydrogen) atoms. The first-order chi connectivity index (χ1) is 12.1. The highest BCUT2D eigenvalue weighted by molar-refractivity contribution is 6.30. The molecule has 132 valence electrons. The van der Waals surface area contributed by atoms with E-state index in [1.54, 1.807) is 12.1 Å². The van der Waals surface area contributed by atoms with Gasteiger partial charge in [0.15, 0.2) is 0 Å². The largest absolute Gasteiger partial charge is 0.341 e. The number of aryl methyl sites for hydroxylation is 1. The molecule has 0 saturated carbocycles. The molecule has 0 fully saturated rings. The van der Waals surface area contributed by atoms with Crippen molar-refractivity contribution in [1.82, 2.24) is 9.97 Å². The van der Waals surface area contributed by atoms with Crippen LogP contribution in [-0.2, 0) is 17.6 Å². The third kappa shape index (κ3) is 4.10. The number of halogens is 1. The van der Waals surface area contributed by atoms with Gasteiger partial charge < -0.3 is 10.2 Å². The van der Waals surface area contributed by atoms with E-state index < -0.39 is 0 Å². The van der Waals surface area contributed by atoms with Crippen LogP contribution in [0.5, 0.6) is 0 Å². The number of benzene rings is 1. The maximum absolute atomic E-state index is 12.6. The van der Waals surface area contributed by atoms with Crippen molar-refractivity contribution in [1.29, 1.82) is 0 Å². The third-order valence-electron chi connectivity index (χ3n) is 4.65. The quantitative estimate of drug-likeness (QED) is 0.885. The minimum Gasteiger partial charge on any atom is -0.341 e. The van der Waals surface area contributed by atoms with E-state index in [-0.39, 0.29) is 11.8 Å². The third-order valence-corrected chi connectivity index (χ3v) is 4.88. The molecule has 3 rings (SSSR count). The maximum atomic E-state index is 12.6. The monoisotopic (exact) mass is 358 g/mol. The van der Waals surface area contributed by atoms with Gasteiger partial charge in [-0.1, -0.05) is 17.7 Å². The molecule has 1 atom stereocenters. The number of nitrogens with one attached hydrogen (secondary N) is 1. The van der Waals surface area contributed by atoms with E-state index in [9.17, 15) is 4.79 Å². The molecule has 1 aromatic heterocycles. The molecule has 5 nitrogen and oxygen atoms in total. The van der Waals surface area contributed by atoms with Crippen LogP contribution in [0.15, 0.2) is 30.5 Å². The molecule has 6 heteroatoms. The predicted octanol–water partition coefficient (Wildman–Crippen LogP) is 3.72. The number of amides is 1. The van der Waals surface area contributed by atoms with Crippen molar-refractivity contribution >= 4 is 29.1 Å². The Balaban J connectivity index is 1.69. The Bertz CT molecular complexity index is 761. The molecule has 0 unspecified atom stereocenters. The zero-order valence-corrected chi connectivity index (χ0v) is 15.4. The van der Waals surface area contributed by atoms with Crippen LogP contribution >= 0.6 is 11.6 Å². The fourth-order valence-electron chi connectivity index (χ4n) is 3.19. The normalized spacial score (nSPS) is 16.2. The molecule has 1 heterocycles. The number of hydrogen-bond donors (Lipinski definition) is 1. The summed E-state index contributed by atoms with van der Waals surface area (Å²) in [6.07, 6.45) is 4.17. The van der Waals surface area contributed by atoms with Gasteiger partial charge in [-0.05, 0) is 56.9 Å². The van der Waals surface area contributed by atoms with Gasteiger partial charge in [0.1, 0.15) is 0 Å². The van der Waals surface area contributed by atoms with Gasteiger partial charge in [-0.15, -0.1) is 0 Å². The van der Waals surface area contributed by atoms with Crippen LogP contribution in [0.4, 0.5) is 11.6 Å². The first kappa shape index (κ1) is 17.7. The summed E-state index contributed by atoms with van der Waals surface area (Å²) in [5, 5.41) is 3.57. The van der Waals surface area contributed by atoms with Crippen molar-refractivity contribution in [3.05, 3.63) is 46.7 Å². The summed E-state index contributed by atoms with van der Waals surface area (Å²) in [5.74, 6) is 0.751. The van der Waals surface area contributed by atoms with Crippen LogP contribution in [-0.4, -0.2) is 29.0 Å². The Kier molecular flexibility index (Phi) is 5.53. The van der Waals surface area contributed by atoms with Crippen LogP contribution in [0.1, 0.15) is 31.5 Å². The summed E-state index contributed by atoms with van der Waals surface area (Å²) in [5.41, 5.74) is 2.88. The second kappa shape index (κ2) is 7.83.